The van der Waals surface area contributed by atoms with Crippen molar-refractivity contribution in [3.8, 4) is 17.2 Å². The molecule has 0 spiro atoms. The first-order valence-corrected chi connectivity index (χ1v) is 9.80. The Hall–Kier alpha value is -3.31. The van der Waals surface area contributed by atoms with Gasteiger partial charge in [0.1, 0.15) is 5.75 Å². The fourth-order valence-corrected chi connectivity index (χ4v) is 4.17. The van der Waals surface area contributed by atoms with E-state index in [2.05, 4.69) is 11.0 Å². The molecule has 2 aliphatic heterocycles. The molecule has 146 valence electrons. The molecule has 0 saturated carbocycles. The molecule has 0 bridgehead atoms. The molecule has 0 atom stereocenters. The van der Waals surface area contributed by atoms with Gasteiger partial charge in [-0.2, -0.15) is 0 Å². The summed E-state index contributed by atoms with van der Waals surface area (Å²) in [6, 6.07) is 21.5. The maximum Gasteiger partial charge on any atom is 0.245 e. The molecule has 3 aromatic rings. The standard InChI is InChI=1S/C24H22N2O3/c1-28-21-12-6-7-17-13-14-25(15-18(17)21)16-24(27)26-19-8-2-4-10-22(19)29-23-11-5-3-9-20(23)26/h2-12H,13-16H2,1H3. The highest BCUT2D eigenvalue weighted by molar-refractivity contribution is 6.05. The SMILES string of the molecule is COc1cccc2c1CN(CC(=O)N1c3ccccc3Oc3ccccc31)CC2. The lowest BCUT2D eigenvalue weighted by Gasteiger charge is -2.34. The van der Waals surface area contributed by atoms with Crippen LogP contribution in [0.25, 0.3) is 0 Å². The zero-order chi connectivity index (χ0) is 19.8. The zero-order valence-corrected chi connectivity index (χ0v) is 16.3. The lowest BCUT2D eigenvalue weighted by molar-refractivity contribution is -0.119. The quantitative estimate of drug-likeness (QED) is 0.664. The van der Waals surface area contributed by atoms with E-state index >= 15 is 0 Å². The number of nitrogens with zero attached hydrogens (tertiary/aromatic N) is 2. The van der Waals surface area contributed by atoms with Gasteiger partial charge in [-0.3, -0.25) is 14.6 Å². The van der Waals surface area contributed by atoms with E-state index in [0.717, 1.165) is 30.1 Å². The molecular weight excluding hydrogens is 364 g/mol. The van der Waals surface area contributed by atoms with Crippen LogP contribution in [0.2, 0.25) is 0 Å². The Bertz CT molecular complexity index is 1020. The van der Waals surface area contributed by atoms with E-state index in [9.17, 15) is 4.79 Å². The van der Waals surface area contributed by atoms with Crippen molar-refractivity contribution in [1.82, 2.24) is 4.90 Å². The lowest BCUT2D eigenvalue weighted by Crippen LogP contribution is -2.41. The van der Waals surface area contributed by atoms with Gasteiger partial charge >= 0.3 is 0 Å². The number of hydrogen-bond acceptors (Lipinski definition) is 4. The predicted molar refractivity (Wildman–Crippen MR) is 112 cm³/mol. The van der Waals surface area contributed by atoms with Gasteiger partial charge in [0.15, 0.2) is 11.5 Å². The number of rotatable bonds is 3. The van der Waals surface area contributed by atoms with E-state index in [1.807, 2.05) is 60.7 Å². The molecule has 0 aliphatic carbocycles. The van der Waals surface area contributed by atoms with Crippen molar-refractivity contribution in [3.63, 3.8) is 0 Å². The topological polar surface area (TPSA) is 42.0 Å². The number of ether oxygens (including phenoxy) is 2. The van der Waals surface area contributed by atoms with Crippen LogP contribution in [-0.4, -0.2) is 31.0 Å². The van der Waals surface area contributed by atoms with E-state index in [-0.39, 0.29) is 5.91 Å². The molecular formula is C24H22N2O3. The van der Waals surface area contributed by atoms with Crippen LogP contribution in [0, 0.1) is 0 Å². The average Bonchev–Trinajstić information content (AvgIpc) is 2.76. The second kappa shape index (κ2) is 7.26. The number of hydrogen-bond donors (Lipinski definition) is 0. The number of anilines is 2. The van der Waals surface area contributed by atoms with Crippen molar-refractivity contribution < 1.29 is 14.3 Å². The van der Waals surface area contributed by atoms with Gasteiger partial charge < -0.3 is 9.47 Å². The minimum atomic E-state index is 0.0338. The first kappa shape index (κ1) is 17.8. The van der Waals surface area contributed by atoms with E-state index in [1.54, 1.807) is 12.0 Å². The van der Waals surface area contributed by atoms with Gasteiger partial charge in [-0.05, 0) is 42.3 Å². The molecule has 5 heteroatoms. The van der Waals surface area contributed by atoms with Gasteiger partial charge in [0, 0.05) is 18.7 Å². The number of benzene rings is 3. The number of fused-ring (bicyclic) bond motifs is 3. The Morgan fingerprint density at radius 1 is 0.966 bits per heavy atom. The van der Waals surface area contributed by atoms with Crippen molar-refractivity contribution in [2.75, 3.05) is 25.1 Å². The first-order valence-electron chi connectivity index (χ1n) is 9.80. The fourth-order valence-electron chi connectivity index (χ4n) is 4.17. The molecule has 0 radical (unpaired) electrons. The molecule has 0 saturated heterocycles. The number of methoxy groups -OCH3 is 1. The minimum absolute atomic E-state index is 0.0338. The predicted octanol–water partition coefficient (Wildman–Crippen LogP) is 4.52. The Morgan fingerprint density at radius 3 is 2.34 bits per heavy atom. The summed E-state index contributed by atoms with van der Waals surface area (Å²) in [4.78, 5) is 17.4. The molecule has 2 aliphatic rings. The van der Waals surface area contributed by atoms with Gasteiger partial charge in [0.2, 0.25) is 5.91 Å². The number of amides is 1. The Morgan fingerprint density at radius 2 is 1.66 bits per heavy atom. The van der Waals surface area contributed by atoms with Crippen molar-refractivity contribution in [2.45, 2.75) is 13.0 Å². The number of carbonyl (C=O) groups is 1. The maximum atomic E-state index is 13.5. The zero-order valence-electron chi connectivity index (χ0n) is 16.3. The van der Waals surface area contributed by atoms with Gasteiger partial charge in [0.05, 0.1) is 25.0 Å². The molecule has 0 fully saturated rings. The van der Waals surface area contributed by atoms with E-state index in [0.29, 0.717) is 24.6 Å². The second-order valence-electron chi connectivity index (χ2n) is 7.33. The van der Waals surface area contributed by atoms with E-state index in [1.165, 1.54) is 11.1 Å². The van der Waals surface area contributed by atoms with Crippen molar-refractivity contribution in [3.05, 3.63) is 77.9 Å². The monoisotopic (exact) mass is 386 g/mol. The third-order valence-corrected chi connectivity index (χ3v) is 5.57. The van der Waals surface area contributed by atoms with E-state index < -0.39 is 0 Å². The average molecular weight is 386 g/mol. The molecule has 0 aromatic heterocycles. The third kappa shape index (κ3) is 3.13. The van der Waals surface area contributed by atoms with Crippen LogP contribution >= 0.6 is 0 Å². The molecule has 5 rings (SSSR count). The maximum absolute atomic E-state index is 13.5. The lowest BCUT2D eigenvalue weighted by atomic mass is 9.99. The Kier molecular flexibility index (Phi) is 4.45. The Balaban J connectivity index is 1.43. The molecule has 2 heterocycles. The van der Waals surface area contributed by atoms with Gasteiger partial charge in [0.25, 0.3) is 0 Å². The molecule has 5 nitrogen and oxygen atoms in total. The van der Waals surface area contributed by atoms with Crippen molar-refractivity contribution in [2.24, 2.45) is 0 Å². The van der Waals surface area contributed by atoms with Gasteiger partial charge in [-0.1, -0.05) is 36.4 Å². The van der Waals surface area contributed by atoms with Crippen molar-refractivity contribution in [1.29, 1.82) is 0 Å². The van der Waals surface area contributed by atoms with Crippen LogP contribution in [0.4, 0.5) is 11.4 Å². The summed E-state index contributed by atoms with van der Waals surface area (Å²) in [7, 11) is 1.70. The molecule has 3 aromatic carbocycles. The van der Waals surface area contributed by atoms with Crippen LogP contribution in [0.3, 0.4) is 0 Å². The minimum Gasteiger partial charge on any atom is -0.496 e. The second-order valence-corrected chi connectivity index (χ2v) is 7.33. The highest BCUT2D eigenvalue weighted by Crippen LogP contribution is 2.46. The molecule has 29 heavy (non-hydrogen) atoms. The summed E-state index contributed by atoms with van der Waals surface area (Å²) in [5.41, 5.74) is 4.05. The molecule has 0 unspecified atom stereocenters. The number of carbonyl (C=O) groups excluding carboxylic acids is 1. The molecule has 1 amide bonds. The largest absolute Gasteiger partial charge is 0.496 e. The molecule has 0 N–H and O–H groups in total. The highest BCUT2D eigenvalue weighted by atomic mass is 16.5. The highest BCUT2D eigenvalue weighted by Gasteiger charge is 2.30. The van der Waals surface area contributed by atoms with Crippen LogP contribution in [0.5, 0.6) is 17.2 Å². The summed E-state index contributed by atoms with van der Waals surface area (Å²) < 4.78 is 11.5. The Labute approximate surface area is 170 Å². The van der Waals surface area contributed by atoms with E-state index in [4.69, 9.17) is 9.47 Å². The van der Waals surface area contributed by atoms with Crippen LogP contribution in [0.1, 0.15) is 11.1 Å². The summed E-state index contributed by atoms with van der Waals surface area (Å²) in [6.45, 7) is 1.89. The smallest absolute Gasteiger partial charge is 0.245 e. The fraction of sp³-hybridized carbons (Fsp3) is 0.208. The van der Waals surface area contributed by atoms with Gasteiger partial charge in [-0.25, -0.2) is 0 Å². The number of para-hydroxylation sites is 4. The van der Waals surface area contributed by atoms with Crippen LogP contribution in [-0.2, 0) is 17.8 Å². The summed E-state index contributed by atoms with van der Waals surface area (Å²) in [5.74, 6) is 2.32. The van der Waals surface area contributed by atoms with Crippen LogP contribution in [0.15, 0.2) is 66.7 Å². The normalized spacial score (nSPS) is 15.0. The summed E-state index contributed by atoms with van der Waals surface area (Å²) in [5, 5.41) is 0. The third-order valence-electron chi connectivity index (χ3n) is 5.57. The summed E-state index contributed by atoms with van der Waals surface area (Å²) in [6.07, 6.45) is 0.913. The van der Waals surface area contributed by atoms with Gasteiger partial charge in [-0.15, -0.1) is 0 Å². The van der Waals surface area contributed by atoms with Crippen molar-refractivity contribution >= 4 is 17.3 Å². The summed E-state index contributed by atoms with van der Waals surface area (Å²) >= 11 is 0. The first-order chi connectivity index (χ1) is 14.2. The van der Waals surface area contributed by atoms with Crippen LogP contribution < -0.4 is 14.4 Å².